The minimum atomic E-state index is 0.0433. The predicted octanol–water partition coefficient (Wildman–Crippen LogP) is 2.41. The molecule has 0 radical (unpaired) electrons. The molecule has 1 N–H and O–H groups in total. The number of aromatic hydroxyl groups is 1. The molecule has 86 valence electrons. The van der Waals surface area contributed by atoms with E-state index >= 15 is 0 Å². The fourth-order valence-electron chi connectivity index (χ4n) is 2.20. The summed E-state index contributed by atoms with van der Waals surface area (Å²) in [4.78, 5) is 12.1. The van der Waals surface area contributed by atoms with Crippen LogP contribution in [-0.4, -0.2) is 18.0 Å². The second-order valence-corrected chi connectivity index (χ2v) is 4.52. The molecule has 0 fully saturated rings. The van der Waals surface area contributed by atoms with Crippen molar-refractivity contribution in [1.29, 1.82) is 0 Å². The van der Waals surface area contributed by atoms with E-state index < -0.39 is 0 Å². The molecule has 0 bridgehead atoms. The Bertz CT molecular complexity index is 437. The van der Waals surface area contributed by atoms with Gasteiger partial charge in [-0.25, -0.2) is 0 Å². The van der Waals surface area contributed by atoms with Gasteiger partial charge in [0, 0.05) is 11.5 Å². The van der Waals surface area contributed by atoms with E-state index in [0.29, 0.717) is 17.2 Å². The second-order valence-electron chi connectivity index (χ2n) is 4.52. The molecule has 3 heteroatoms. The number of ketones is 1. The van der Waals surface area contributed by atoms with E-state index in [1.807, 2.05) is 6.92 Å². The number of Topliss-reactive ketones (excluding diaryl/α,β-unsaturated/α-hetero) is 1. The Labute approximate surface area is 95.0 Å². The second kappa shape index (κ2) is 3.81. The summed E-state index contributed by atoms with van der Waals surface area (Å²) in [6.07, 6.45) is 0.833. The van der Waals surface area contributed by atoms with Crippen molar-refractivity contribution >= 4 is 5.78 Å². The molecule has 0 amide bonds. The van der Waals surface area contributed by atoms with Crippen LogP contribution >= 0.6 is 0 Å². The molecule has 0 saturated carbocycles. The summed E-state index contributed by atoms with van der Waals surface area (Å²) in [5, 5.41) is 9.67. The van der Waals surface area contributed by atoms with Gasteiger partial charge < -0.3 is 9.84 Å². The van der Waals surface area contributed by atoms with E-state index in [9.17, 15) is 9.90 Å². The highest BCUT2D eigenvalue weighted by Gasteiger charge is 2.30. The number of carbonyl (C=O) groups excluding carboxylic acids is 1. The Hall–Kier alpha value is -1.51. The van der Waals surface area contributed by atoms with Crippen molar-refractivity contribution in [2.75, 3.05) is 7.11 Å². The Morgan fingerprint density at radius 1 is 1.38 bits per heavy atom. The summed E-state index contributed by atoms with van der Waals surface area (Å²) >= 11 is 0. The van der Waals surface area contributed by atoms with Crippen molar-refractivity contribution < 1.29 is 14.6 Å². The summed E-state index contributed by atoms with van der Waals surface area (Å²) in [7, 11) is 1.49. The van der Waals surface area contributed by atoms with E-state index in [1.165, 1.54) is 7.11 Å². The molecule has 2 rings (SSSR count). The van der Waals surface area contributed by atoms with Crippen LogP contribution in [0.3, 0.4) is 0 Å². The quantitative estimate of drug-likeness (QED) is 0.790. The Morgan fingerprint density at radius 2 is 2.06 bits per heavy atom. The zero-order valence-corrected chi connectivity index (χ0v) is 9.78. The lowest BCUT2D eigenvalue weighted by molar-refractivity contribution is 0.0876. The van der Waals surface area contributed by atoms with Crippen LogP contribution in [0.5, 0.6) is 11.5 Å². The molecule has 3 nitrogen and oxygen atoms in total. The van der Waals surface area contributed by atoms with Crippen LogP contribution in [0.1, 0.15) is 29.8 Å². The highest BCUT2D eigenvalue weighted by molar-refractivity contribution is 6.00. The van der Waals surface area contributed by atoms with Crippen LogP contribution in [0, 0.1) is 11.8 Å². The lowest BCUT2D eigenvalue weighted by atomic mass is 9.77. The first-order valence-corrected chi connectivity index (χ1v) is 5.48. The Morgan fingerprint density at radius 3 is 2.69 bits per heavy atom. The molecule has 2 atom stereocenters. The molecule has 0 aromatic heterocycles. The molecule has 0 saturated heterocycles. The van der Waals surface area contributed by atoms with Gasteiger partial charge in [-0.2, -0.15) is 0 Å². The summed E-state index contributed by atoms with van der Waals surface area (Å²) < 4.78 is 5.02. The number of carbonyl (C=O) groups is 1. The lowest BCUT2D eigenvalue weighted by Gasteiger charge is -2.27. The number of fused-ring (bicyclic) bond motifs is 1. The number of hydrogen-bond donors (Lipinski definition) is 1. The maximum Gasteiger partial charge on any atom is 0.166 e. The van der Waals surface area contributed by atoms with E-state index in [4.69, 9.17) is 4.74 Å². The molecule has 1 aromatic carbocycles. The normalized spacial score (nSPS) is 24.1. The molecule has 2 unspecified atom stereocenters. The standard InChI is InChI=1S/C13H16O3/c1-7-4-9-5-11(14)12(16-3)6-10(9)13(15)8(7)2/h5-8,14H,4H2,1-3H3. The number of hydrogen-bond acceptors (Lipinski definition) is 3. The number of methoxy groups -OCH3 is 1. The van der Waals surface area contributed by atoms with Gasteiger partial charge >= 0.3 is 0 Å². The number of ether oxygens (including phenoxy) is 1. The topological polar surface area (TPSA) is 46.5 Å². The SMILES string of the molecule is COc1cc2c(cc1O)CC(C)C(C)C2=O. The van der Waals surface area contributed by atoms with Crippen molar-refractivity contribution in [2.45, 2.75) is 20.3 Å². The van der Waals surface area contributed by atoms with Gasteiger partial charge in [-0.05, 0) is 30.0 Å². The number of phenolic OH excluding ortho intramolecular Hbond substituents is 1. The van der Waals surface area contributed by atoms with Gasteiger partial charge in [0.2, 0.25) is 0 Å². The van der Waals surface area contributed by atoms with Crippen LogP contribution in [0.4, 0.5) is 0 Å². The average Bonchev–Trinajstić information content (AvgIpc) is 2.26. The monoisotopic (exact) mass is 220 g/mol. The van der Waals surface area contributed by atoms with Crippen molar-refractivity contribution in [3.8, 4) is 11.5 Å². The third-order valence-electron chi connectivity index (χ3n) is 3.48. The highest BCUT2D eigenvalue weighted by Crippen LogP contribution is 2.36. The Kier molecular flexibility index (Phi) is 2.62. The van der Waals surface area contributed by atoms with E-state index in [1.54, 1.807) is 12.1 Å². The maximum absolute atomic E-state index is 12.1. The number of benzene rings is 1. The minimum absolute atomic E-state index is 0.0433. The van der Waals surface area contributed by atoms with Crippen LogP contribution in [0.15, 0.2) is 12.1 Å². The maximum atomic E-state index is 12.1. The van der Waals surface area contributed by atoms with Gasteiger partial charge in [0.05, 0.1) is 7.11 Å². The smallest absolute Gasteiger partial charge is 0.166 e. The number of phenols is 1. The highest BCUT2D eigenvalue weighted by atomic mass is 16.5. The predicted molar refractivity (Wildman–Crippen MR) is 61.0 cm³/mol. The van der Waals surface area contributed by atoms with Crippen molar-refractivity contribution in [3.63, 3.8) is 0 Å². The number of rotatable bonds is 1. The Balaban J connectivity index is 2.54. The van der Waals surface area contributed by atoms with Crippen molar-refractivity contribution in [2.24, 2.45) is 11.8 Å². The average molecular weight is 220 g/mol. The molecule has 1 aliphatic carbocycles. The first-order valence-electron chi connectivity index (χ1n) is 5.48. The van der Waals surface area contributed by atoms with E-state index in [-0.39, 0.29) is 17.5 Å². The minimum Gasteiger partial charge on any atom is -0.504 e. The zero-order valence-electron chi connectivity index (χ0n) is 9.78. The zero-order chi connectivity index (χ0) is 11.9. The molecular formula is C13H16O3. The van der Waals surface area contributed by atoms with Crippen LogP contribution < -0.4 is 4.74 Å². The van der Waals surface area contributed by atoms with E-state index in [2.05, 4.69) is 6.92 Å². The molecule has 0 aliphatic heterocycles. The van der Waals surface area contributed by atoms with Crippen LogP contribution in [-0.2, 0) is 6.42 Å². The largest absolute Gasteiger partial charge is 0.504 e. The van der Waals surface area contributed by atoms with Gasteiger partial charge in [0.25, 0.3) is 0 Å². The summed E-state index contributed by atoms with van der Waals surface area (Å²) in [5.74, 6) is 0.992. The molecule has 0 heterocycles. The molecule has 1 aromatic rings. The third-order valence-corrected chi connectivity index (χ3v) is 3.48. The van der Waals surface area contributed by atoms with E-state index in [0.717, 1.165) is 12.0 Å². The molecule has 16 heavy (non-hydrogen) atoms. The van der Waals surface area contributed by atoms with Gasteiger partial charge in [-0.15, -0.1) is 0 Å². The van der Waals surface area contributed by atoms with Crippen molar-refractivity contribution in [3.05, 3.63) is 23.3 Å². The third kappa shape index (κ3) is 1.56. The van der Waals surface area contributed by atoms with Crippen LogP contribution in [0.2, 0.25) is 0 Å². The molecular weight excluding hydrogens is 204 g/mol. The summed E-state index contributed by atoms with van der Waals surface area (Å²) in [6.45, 7) is 4.02. The van der Waals surface area contributed by atoms with Gasteiger partial charge in [0.1, 0.15) is 0 Å². The van der Waals surface area contributed by atoms with Crippen LogP contribution in [0.25, 0.3) is 0 Å². The summed E-state index contributed by atoms with van der Waals surface area (Å²) in [5.41, 5.74) is 1.62. The fourth-order valence-corrected chi connectivity index (χ4v) is 2.20. The van der Waals surface area contributed by atoms with Crippen molar-refractivity contribution in [1.82, 2.24) is 0 Å². The van der Waals surface area contributed by atoms with Gasteiger partial charge in [0.15, 0.2) is 17.3 Å². The van der Waals surface area contributed by atoms with Gasteiger partial charge in [-0.1, -0.05) is 13.8 Å². The first-order chi connectivity index (χ1) is 7.54. The molecule has 1 aliphatic rings. The first kappa shape index (κ1) is 11.0. The van der Waals surface area contributed by atoms with Gasteiger partial charge in [-0.3, -0.25) is 4.79 Å². The summed E-state index contributed by atoms with van der Waals surface area (Å²) in [6, 6.07) is 3.30. The lowest BCUT2D eigenvalue weighted by Crippen LogP contribution is -2.27. The molecule has 0 spiro atoms. The fraction of sp³-hybridized carbons (Fsp3) is 0.462.